The first-order valence-corrected chi connectivity index (χ1v) is 12.4. The van der Waals surface area contributed by atoms with Crippen molar-refractivity contribution in [1.29, 1.82) is 0 Å². The molecule has 15 nitrogen and oxygen atoms in total. The molecule has 1 unspecified atom stereocenters. The number of thioether (sulfide) groups is 1. The molecular formula is C21H21ClN6O9S. The SMILES string of the molecule is NC(=O)OCC1=C(C(=O)O)N2C(=O)C(NC(=O)[C@H](NC(=O)N3CCNC3=O)c3ccc(O)c(Cl)c3)[C@H]2SC1. The Labute approximate surface area is 223 Å². The Morgan fingerprint density at radius 1 is 1.29 bits per heavy atom. The molecule has 38 heavy (non-hydrogen) atoms. The van der Waals surface area contributed by atoms with E-state index >= 15 is 0 Å². The van der Waals surface area contributed by atoms with Crippen molar-refractivity contribution < 1.29 is 43.7 Å². The first-order chi connectivity index (χ1) is 18.0. The first kappa shape index (κ1) is 26.9. The average molecular weight is 569 g/mol. The minimum Gasteiger partial charge on any atom is -0.506 e. The number of primary amides is 1. The molecule has 2 fully saturated rings. The lowest BCUT2D eigenvalue weighted by atomic mass is 10.0. The van der Waals surface area contributed by atoms with E-state index in [0.717, 1.165) is 21.6 Å². The van der Waals surface area contributed by atoms with Gasteiger partial charge in [0.15, 0.2) is 0 Å². The summed E-state index contributed by atoms with van der Waals surface area (Å²) in [5.74, 6) is -3.20. The Morgan fingerprint density at radius 3 is 2.63 bits per heavy atom. The molecule has 3 aliphatic rings. The van der Waals surface area contributed by atoms with Gasteiger partial charge < -0.3 is 36.6 Å². The van der Waals surface area contributed by atoms with Crippen LogP contribution in [-0.2, 0) is 19.1 Å². The largest absolute Gasteiger partial charge is 0.506 e. The van der Waals surface area contributed by atoms with Crippen molar-refractivity contribution in [2.45, 2.75) is 17.5 Å². The van der Waals surface area contributed by atoms with E-state index in [0.29, 0.717) is 0 Å². The van der Waals surface area contributed by atoms with Crippen molar-refractivity contribution in [3.05, 3.63) is 40.1 Å². The van der Waals surface area contributed by atoms with E-state index in [1.165, 1.54) is 18.2 Å². The summed E-state index contributed by atoms with van der Waals surface area (Å²) in [6.07, 6.45) is -1.11. The van der Waals surface area contributed by atoms with Crippen LogP contribution >= 0.6 is 23.4 Å². The molecule has 0 bridgehead atoms. The van der Waals surface area contributed by atoms with Crippen molar-refractivity contribution in [2.75, 3.05) is 25.4 Å². The van der Waals surface area contributed by atoms with Crippen molar-refractivity contribution in [3.8, 4) is 5.75 Å². The molecule has 0 radical (unpaired) electrons. The number of hydrogen-bond acceptors (Lipinski definition) is 9. The summed E-state index contributed by atoms with van der Waals surface area (Å²) in [4.78, 5) is 75.5. The van der Waals surface area contributed by atoms with Gasteiger partial charge in [0.05, 0.1) is 5.02 Å². The zero-order valence-corrected chi connectivity index (χ0v) is 20.9. The second kappa shape index (κ2) is 10.7. The molecular weight excluding hydrogens is 548 g/mol. The molecule has 0 aliphatic carbocycles. The topological polar surface area (TPSA) is 221 Å². The van der Waals surface area contributed by atoms with Gasteiger partial charge in [0.25, 0.3) is 5.91 Å². The summed E-state index contributed by atoms with van der Waals surface area (Å²) in [5.41, 5.74) is 4.87. The quantitative estimate of drug-likeness (QED) is 0.235. The highest BCUT2D eigenvalue weighted by atomic mass is 35.5. The van der Waals surface area contributed by atoms with Gasteiger partial charge in [-0.05, 0) is 17.7 Å². The van der Waals surface area contributed by atoms with Crippen LogP contribution < -0.4 is 21.7 Å². The summed E-state index contributed by atoms with van der Waals surface area (Å²) in [5, 5.41) is 25.9. The van der Waals surface area contributed by atoms with E-state index in [4.69, 9.17) is 17.3 Å². The molecule has 7 N–H and O–H groups in total. The molecule has 1 aromatic carbocycles. The number of hydrogen-bond donors (Lipinski definition) is 6. The summed E-state index contributed by atoms with van der Waals surface area (Å²) in [7, 11) is 0. The standard InChI is InChI=1S/C21H21ClN6O9S/c22-10-5-8(1-2-11(10)29)12(26-21(36)27-4-3-24-20(27)35)15(30)25-13-16(31)28-14(18(32)33)9(6-37-19(23)34)7-38-17(13)28/h1-2,5,12-13,17,29H,3-4,6-7H2,(H2,23,34)(H,24,35)(H,25,30)(H,26,36)(H,32,33)/t12-,13?,17-/m1/s1. The third kappa shape index (κ3) is 5.12. The number of nitrogens with zero attached hydrogens (tertiary/aromatic N) is 2. The molecule has 7 amide bonds. The van der Waals surface area contributed by atoms with E-state index < -0.39 is 60.0 Å². The lowest BCUT2D eigenvalue weighted by Crippen LogP contribution is -2.71. The number of amides is 7. The summed E-state index contributed by atoms with van der Waals surface area (Å²) in [6.45, 7) is -0.126. The maximum absolute atomic E-state index is 13.3. The maximum atomic E-state index is 13.3. The van der Waals surface area contributed by atoms with Gasteiger partial charge in [-0.25, -0.2) is 24.1 Å². The number of phenols is 1. The number of imide groups is 1. The fourth-order valence-corrected chi connectivity index (χ4v) is 5.58. The highest BCUT2D eigenvalue weighted by Crippen LogP contribution is 2.40. The minimum absolute atomic E-state index is 0.0657. The van der Waals surface area contributed by atoms with Crippen LogP contribution in [0.15, 0.2) is 29.5 Å². The van der Waals surface area contributed by atoms with E-state index in [1.807, 2.05) is 0 Å². The zero-order valence-electron chi connectivity index (χ0n) is 19.3. The Bertz CT molecular complexity index is 1270. The molecule has 4 rings (SSSR count). The van der Waals surface area contributed by atoms with Crippen molar-refractivity contribution in [2.24, 2.45) is 5.73 Å². The number of phenolic OH excluding ortho intramolecular Hbond substituents is 1. The predicted molar refractivity (Wildman–Crippen MR) is 130 cm³/mol. The van der Waals surface area contributed by atoms with Gasteiger partial charge in [-0.2, -0.15) is 0 Å². The number of aliphatic carboxylic acids is 1. The monoisotopic (exact) mass is 568 g/mol. The molecule has 2 saturated heterocycles. The lowest BCUT2D eigenvalue weighted by Gasteiger charge is -2.49. The van der Waals surface area contributed by atoms with Gasteiger partial charge in [0, 0.05) is 24.4 Å². The highest BCUT2D eigenvalue weighted by Gasteiger charge is 2.54. The van der Waals surface area contributed by atoms with Crippen molar-refractivity contribution in [3.63, 3.8) is 0 Å². The average Bonchev–Trinajstić information content (AvgIpc) is 3.31. The molecule has 3 aliphatic heterocycles. The fraction of sp³-hybridized carbons (Fsp3) is 0.333. The third-order valence-electron chi connectivity index (χ3n) is 5.87. The van der Waals surface area contributed by atoms with Crippen LogP contribution in [0.25, 0.3) is 0 Å². The van der Waals surface area contributed by atoms with Gasteiger partial charge in [-0.15, -0.1) is 11.8 Å². The van der Waals surface area contributed by atoms with Crippen LogP contribution in [0.4, 0.5) is 14.4 Å². The number of nitrogens with two attached hydrogens (primary N) is 1. The third-order valence-corrected chi connectivity index (χ3v) is 7.52. The number of carbonyl (C=O) groups excluding carboxylic acids is 5. The van der Waals surface area contributed by atoms with Crippen LogP contribution in [0.1, 0.15) is 11.6 Å². The number of carboxylic acids is 1. The minimum atomic E-state index is -1.43. The second-order valence-electron chi connectivity index (χ2n) is 8.24. The van der Waals surface area contributed by atoms with Crippen LogP contribution in [0, 0.1) is 0 Å². The number of nitrogens with one attached hydrogen (secondary N) is 3. The van der Waals surface area contributed by atoms with E-state index in [2.05, 4.69) is 20.7 Å². The van der Waals surface area contributed by atoms with Gasteiger partial charge in [0.1, 0.15) is 35.5 Å². The van der Waals surface area contributed by atoms with E-state index in [9.17, 15) is 39.0 Å². The Hall–Kier alpha value is -4.18. The summed E-state index contributed by atoms with van der Waals surface area (Å²) >= 11 is 7.11. The number of rotatable bonds is 7. The highest BCUT2D eigenvalue weighted by molar-refractivity contribution is 8.00. The summed E-state index contributed by atoms with van der Waals surface area (Å²) < 4.78 is 4.68. The maximum Gasteiger partial charge on any atom is 0.404 e. The first-order valence-electron chi connectivity index (χ1n) is 11.0. The van der Waals surface area contributed by atoms with Crippen LogP contribution in [0.5, 0.6) is 5.75 Å². The van der Waals surface area contributed by atoms with Crippen molar-refractivity contribution in [1.82, 2.24) is 25.8 Å². The van der Waals surface area contributed by atoms with Crippen LogP contribution in [0.2, 0.25) is 5.02 Å². The molecule has 0 aromatic heterocycles. The number of aromatic hydroxyl groups is 1. The number of ether oxygens (including phenoxy) is 1. The summed E-state index contributed by atoms with van der Waals surface area (Å²) in [6, 6.07) is -0.339. The molecule has 3 heterocycles. The number of fused-ring (bicyclic) bond motifs is 1. The smallest absolute Gasteiger partial charge is 0.404 e. The van der Waals surface area contributed by atoms with Gasteiger partial charge in [-0.1, -0.05) is 17.7 Å². The molecule has 0 saturated carbocycles. The second-order valence-corrected chi connectivity index (χ2v) is 9.75. The molecule has 17 heteroatoms. The molecule has 202 valence electrons. The van der Waals surface area contributed by atoms with Gasteiger partial charge in [-0.3, -0.25) is 14.5 Å². The number of halogens is 1. The Kier molecular flexibility index (Phi) is 7.54. The lowest BCUT2D eigenvalue weighted by molar-refractivity contribution is -0.151. The number of β-lactam (4-membered cyclic amide) rings is 1. The van der Waals surface area contributed by atoms with Gasteiger partial charge in [0.2, 0.25) is 5.91 Å². The predicted octanol–water partition coefficient (Wildman–Crippen LogP) is -0.345. The zero-order chi connectivity index (χ0) is 27.7. The number of benzene rings is 1. The molecule has 0 spiro atoms. The number of carboxylic acid groups (broad SMARTS) is 1. The van der Waals surface area contributed by atoms with Crippen LogP contribution in [-0.4, -0.2) is 92.8 Å². The number of carbonyl (C=O) groups is 6. The number of urea groups is 2. The molecule has 3 atom stereocenters. The van der Waals surface area contributed by atoms with Crippen molar-refractivity contribution >= 4 is 59.3 Å². The van der Waals surface area contributed by atoms with Crippen LogP contribution in [0.3, 0.4) is 0 Å². The fourth-order valence-electron chi connectivity index (χ4n) is 4.06. The Balaban J connectivity index is 1.54. The van der Waals surface area contributed by atoms with Gasteiger partial charge >= 0.3 is 24.1 Å². The van der Waals surface area contributed by atoms with E-state index in [-0.39, 0.29) is 46.4 Å². The Morgan fingerprint density at radius 2 is 2.03 bits per heavy atom. The molecule has 1 aromatic rings. The normalized spacial score (nSPS) is 21.2. The van der Waals surface area contributed by atoms with E-state index in [1.54, 1.807) is 0 Å².